The third kappa shape index (κ3) is 3.95. The van der Waals surface area contributed by atoms with E-state index < -0.39 is 5.97 Å². The Kier molecular flexibility index (Phi) is 5.40. The van der Waals surface area contributed by atoms with Crippen molar-refractivity contribution in [3.63, 3.8) is 0 Å². The lowest BCUT2D eigenvalue weighted by atomic mass is 9.97. The SMILES string of the molecule is Cc1ccc(-n2nc(C(=O)N3CCCCC3CCC(=O)O)cc2C)cc1. The number of aliphatic carboxylic acids is 1. The number of aryl methyl sites for hydroxylation is 2. The van der Waals surface area contributed by atoms with Crippen molar-refractivity contribution in [2.75, 3.05) is 6.54 Å². The van der Waals surface area contributed by atoms with Crippen LogP contribution in [0, 0.1) is 13.8 Å². The number of hydrogen-bond acceptors (Lipinski definition) is 3. The van der Waals surface area contributed by atoms with Crippen molar-refractivity contribution in [1.82, 2.24) is 14.7 Å². The minimum Gasteiger partial charge on any atom is -0.481 e. The molecule has 0 saturated carbocycles. The van der Waals surface area contributed by atoms with Crippen LogP contribution in [0.4, 0.5) is 0 Å². The second-order valence-electron chi connectivity index (χ2n) is 7.00. The predicted octanol–water partition coefficient (Wildman–Crippen LogP) is 3.35. The van der Waals surface area contributed by atoms with Gasteiger partial charge in [0.2, 0.25) is 0 Å². The molecule has 1 aliphatic rings. The largest absolute Gasteiger partial charge is 0.481 e. The maximum Gasteiger partial charge on any atom is 0.303 e. The van der Waals surface area contributed by atoms with Crippen LogP contribution in [-0.4, -0.2) is 44.3 Å². The fourth-order valence-electron chi connectivity index (χ4n) is 3.53. The molecule has 1 fully saturated rings. The van der Waals surface area contributed by atoms with E-state index in [2.05, 4.69) is 5.10 Å². The number of aromatic nitrogens is 2. The van der Waals surface area contributed by atoms with Gasteiger partial charge in [0.05, 0.1) is 5.69 Å². The number of carboxylic acids is 1. The van der Waals surface area contributed by atoms with Crippen molar-refractivity contribution in [3.05, 3.63) is 47.3 Å². The Hall–Kier alpha value is -2.63. The summed E-state index contributed by atoms with van der Waals surface area (Å²) in [4.78, 5) is 25.7. The van der Waals surface area contributed by atoms with Gasteiger partial charge in [-0.05, 0) is 57.7 Å². The summed E-state index contributed by atoms with van der Waals surface area (Å²) in [7, 11) is 0. The van der Waals surface area contributed by atoms with E-state index in [9.17, 15) is 9.59 Å². The molecule has 2 heterocycles. The smallest absolute Gasteiger partial charge is 0.303 e. The molecular formula is C20H25N3O3. The van der Waals surface area contributed by atoms with Crippen LogP contribution in [0.2, 0.25) is 0 Å². The fraction of sp³-hybridized carbons (Fsp3) is 0.450. The molecule has 1 aliphatic heterocycles. The minimum absolute atomic E-state index is 0.0165. The third-order valence-corrected chi connectivity index (χ3v) is 4.96. The zero-order chi connectivity index (χ0) is 18.7. The summed E-state index contributed by atoms with van der Waals surface area (Å²) in [5, 5.41) is 13.5. The number of rotatable bonds is 5. The summed E-state index contributed by atoms with van der Waals surface area (Å²) in [5.41, 5.74) is 3.42. The Morgan fingerprint density at radius 2 is 1.92 bits per heavy atom. The normalized spacial score (nSPS) is 17.3. The Morgan fingerprint density at radius 1 is 1.19 bits per heavy atom. The summed E-state index contributed by atoms with van der Waals surface area (Å²) in [6.07, 6.45) is 3.43. The molecule has 2 aromatic rings. The lowest BCUT2D eigenvalue weighted by molar-refractivity contribution is -0.137. The van der Waals surface area contributed by atoms with Crippen LogP contribution >= 0.6 is 0 Å². The van der Waals surface area contributed by atoms with Gasteiger partial charge in [0.15, 0.2) is 5.69 Å². The highest BCUT2D eigenvalue weighted by molar-refractivity contribution is 5.92. The number of carbonyl (C=O) groups is 2. The predicted molar refractivity (Wildman–Crippen MR) is 98.6 cm³/mol. The van der Waals surface area contributed by atoms with Crippen LogP contribution in [0.5, 0.6) is 0 Å². The molecule has 6 nitrogen and oxygen atoms in total. The van der Waals surface area contributed by atoms with Crippen LogP contribution in [0.15, 0.2) is 30.3 Å². The Balaban J connectivity index is 1.81. The quantitative estimate of drug-likeness (QED) is 0.892. The lowest BCUT2D eigenvalue weighted by Gasteiger charge is -2.35. The van der Waals surface area contributed by atoms with E-state index in [-0.39, 0.29) is 18.4 Å². The number of likely N-dealkylation sites (tertiary alicyclic amines) is 1. The van der Waals surface area contributed by atoms with Crippen molar-refractivity contribution in [1.29, 1.82) is 0 Å². The first-order chi connectivity index (χ1) is 12.5. The number of amides is 1. The van der Waals surface area contributed by atoms with E-state index >= 15 is 0 Å². The van der Waals surface area contributed by atoms with Gasteiger partial charge in [-0.3, -0.25) is 9.59 Å². The van der Waals surface area contributed by atoms with E-state index in [4.69, 9.17) is 5.11 Å². The molecule has 0 radical (unpaired) electrons. The second-order valence-corrected chi connectivity index (χ2v) is 7.00. The highest BCUT2D eigenvalue weighted by Crippen LogP contribution is 2.23. The first kappa shape index (κ1) is 18.2. The van der Waals surface area contributed by atoms with Gasteiger partial charge in [0, 0.05) is 24.7 Å². The molecule has 1 aromatic heterocycles. The van der Waals surface area contributed by atoms with Crippen LogP contribution in [0.3, 0.4) is 0 Å². The molecule has 1 saturated heterocycles. The summed E-state index contributed by atoms with van der Waals surface area (Å²) in [5.74, 6) is -0.920. The van der Waals surface area contributed by atoms with E-state index in [0.29, 0.717) is 18.7 Å². The molecule has 3 rings (SSSR count). The zero-order valence-electron chi connectivity index (χ0n) is 15.3. The van der Waals surface area contributed by atoms with Gasteiger partial charge in [-0.15, -0.1) is 0 Å². The van der Waals surface area contributed by atoms with E-state index in [1.807, 2.05) is 49.1 Å². The van der Waals surface area contributed by atoms with Crippen molar-refractivity contribution < 1.29 is 14.7 Å². The fourth-order valence-corrected chi connectivity index (χ4v) is 3.53. The van der Waals surface area contributed by atoms with Crippen LogP contribution in [0.1, 0.15) is 53.8 Å². The number of benzene rings is 1. The number of hydrogen-bond donors (Lipinski definition) is 1. The lowest BCUT2D eigenvalue weighted by Crippen LogP contribution is -2.44. The maximum absolute atomic E-state index is 13.0. The number of nitrogens with zero attached hydrogens (tertiary/aromatic N) is 3. The van der Waals surface area contributed by atoms with Crippen molar-refractivity contribution in [3.8, 4) is 5.69 Å². The van der Waals surface area contributed by atoms with Gasteiger partial charge in [0.25, 0.3) is 5.91 Å². The average Bonchev–Trinajstić information content (AvgIpc) is 3.02. The summed E-state index contributed by atoms with van der Waals surface area (Å²) >= 11 is 0. The Bertz CT molecular complexity index is 795. The Labute approximate surface area is 153 Å². The topological polar surface area (TPSA) is 75.4 Å². The molecule has 0 bridgehead atoms. The maximum atomic E-state index is 13.0. The van der Waals surface area contributed by atoms with E-state index in [1.165, 1.54) is 5.56 Å². The van der Waals surface area contributed by atoms with Crippen LogP contribution in [0.25, 0.3) is 5.69 Å². The monoisotopic (exact) mass is 355 g/mol. The third-order valence-electron chi connectivity index (χ3n) is 4.96. The average molecular weight is 355 g/mol. The number of piperidine rings is 1. The van der Waals surface area contributed by atoms with Gasteiger partial charge in [-0.2, -0.15) is 5.10 Å². The molecule has 26 heavy (non-hydrogen) atoms. The van der Waals surface area contributed by atoms with Crippen molar-refractivity contribution in [2.45, 2.75) is 52.0 Å². The second kappa shape index (κ2) is 7.72. The molecule has 6 heteroatoms. The molecule has 138 valence electrons. The number of carboxylic acid groups (broad SMARTS) is 1. The summed E-state index contributed by atoms with van der Waals surface area (Å²) < 4.78 is 1.78. The van der Waals surface area contributed by atoms with E-state index in [0.717, 1.165) is 30.6 Å². The van der Waals surface area contributed by atoms with Gasteiger partial charge in [0.1, 0.15) is 0 Å². The molecule has 0 aliphatic carbocycles. The van der Waals surface area contributed by atoms with Crippen molar-refractivity contribution >= 4 is 11.9 Å². The molecule has 0 spiro atoms. The molecule has 1 unspecified atom stereocenters. The van der Waals surface area contributed by atoms with Gasteiger partial charge < -0.3 is 10.0 Å². The summed E-state index contributed by atoms with van der Waals surface area (Å²) in [6, 6.07) is 9.80. The molecular weight excluding hydrogens is 330 g/mol. The van der Waals surface area contributed by atoms with Crippen LogP contribution in [-0.2, 0) is 4.79 Å². The van der Waals surface area contributed by atoms with Gasteiger partial charge in [-0.25, -0.2) is 4.68 Å². The standard InChI is InChI=1S/C20H25N3O3/c1-14-6-8-17(9-7-14)23-15(2)13-18(21-23)20(26)22-12-4-3-5-16(22)10-11-19(24)25/h6-9,13,16H,3-5,10-12H2,1-2H3,(H,24,25). The van der Waals surface area contributed by atoms with Gasteiger partial charge in [-0.1, -0.05) is 17.7 Å². The molecule has 1 atom stereocenters. The molecule has 1 aromatic carbocycles. The summed E-state index contributed by atoms with van der Waals surface area (Å²) in [6.45, 7) is 4.63. The van der Waals surface area contributed by atoms with E-state index in [1.54, 1.807) is 4.68 Å². The molecule has 1 N–H and O–H groups in total. The highest BCUT2D eigenvalue weighted by atomic mass is 16.4. The molecule has 1 amide bonds. The zero-order valence-corrected chi connectivity index (χ0v) is 15.3. The number of carbonyl (C=O) groups excluding carboxylic acids is 1. The van der Waals surface area contributed by atoms with Crippen LogP contribution < -0.4 is 0 Å². The van der Waals surface area contributed by atoms with Gasteiger partial charge >= 0.3 is 5.97 Å². The highest BCUT2D eigenvalue weighted by Gasteiger charge is 2.29. The minimum atomic E-state index is -0.817. The van der Waals surface area contributed by atoms with Crippen molar-refractivity contribution in [2.24, 2.45) is 0 Å². The first-order valence-electron chi connectivity index (χ1n) is 9.12. The Morgan fingerprint density at radius 3 is 2.62 bits per heavy atom. The first-order valence-corrected chi connectivity index (χ1v) is 9.12.